The molecule has 0 aromatic rings. The van der Waals surface area contributed by atoms with E-state index in [4.69, 9.17) is 35.9 Å². The summed E-state index contributed by atoms with van der Waals surface area (Å²) in [5.41, 5.74) is 0. The van der Waals surface area contributed by atoms with Crippen molar-refractivity contribution in [2.45, 2.75) is 92.9 Å². The van der Waals surface area contributed by atoms with E-state index >= 15 is 0 Å². The third-order valence-electron chi connectivity index (χ3n) is 7.39. The number of aliphatic hydroxyl groups excluding tert-OH is 9. The normalized spacial score (nSPS) is 45.3. The van der Waals surface area contributed by atoms with Crippen LogP contribution >= 0.6 is 24.0 Å². The molecule has 3 heterocycles. The van der Waals surface area contributed by atoms with Gasteiger partial charge in [-0.05, 0) is 12.2 Å². The van der Waals surface area contributed by atoms with Crippen LogP contribution in [0, 0.1) is 5.92 Å². The van der Waals surface area contributed by atoms with E-state index in [1.165, 1.54) is 18.9 Å². The van der Waals surface area contributed by atoms with Gasteiger partial charge in [-0.25, -0.2) is 0 Å². The lowest BCUT2D eigenvalue weighted by Gasteiger charge is -2.46. The number of aliphatic hydroxyl groups is 9. The number of nitrogens with one attached hydrogen (secondary N) is 2. The fourth-order valence-electron chi connectivity index (χ4n) is 4.78. The molecule has 3 saturated heterocycles. The van der Waals surface area contributed by atoms with Crippen LogP contribution < -0.4 is 10.6 Å². The first-order valence-electron chi connectivity index (χ1n) is 13.2. The molecule has 0 aliphatic carbocycles. The number of thiocarbonyl (C=S) groups is 1. The van der Waals surface area contributed by atoms with Crippen molar-refractivity contribution in [3.63, 3.8) is 0 Å². The fraction of sp³-hybridized carbons (Fsp3) is 0.957. The number of rotatable bonds is 11. The van der Waals surface area contributed by atoms with Crippen LogP contribution in [0.4, 0.5) is 0 Å². The minimum absolute atomic E-state index is 0.0899. The Balaban J connectivity index is 1.45. The van der Waals surface area contributed by atoms with Crippen LogP contribution in [0.25, 0.3) is 0 Å². The molecule has 0 aromatic carbocycles. The number of ether oxygens (including phenoxy) is 5. The average Bonchev–Trinajstić information content (AvgIpc) is 2.96. The molecule has 16 nitrogen and oxygen atoms in total. The largest absolute Gasteiger partial charge is 0.394 e. The smallest absolute Gasteiger partial charge is 0.187 e. The molecule has 0 spiro atoms. The maximum atomic E-state index is 10.7. The summed E-state index contributed by atoms with van der Waals surface area (Å²) in [4.78, 5) is 0. The van der Waals surface area contributed by atoms with E-state index in [0.717, 1.165) is 0 Å². The van der Waals surface area contributed by atoms with Gasteiger partial charge in [0.15, 0.2) is 23.9 Å². The van der Waals surface area contributed by atoms with Crippen LogP contribution in [0.3, 0.4) is 0 Å². The lowest BCUT2D eigenvalue weighted by atomic mass is 9.91. The van der Waals surface area contributed by atoms with Crippen LogP contribution in [0.1, 0.15) is 6.92 Å². The number of hydrogen-bond acceptors (Lipinski definition) is 16. The molecule has 240 valence electrons. The lowest BCUT2D eigenvalue weighted by molar-refractivity contribution is -0.342. The molecule has 0 bridgehead atoms. The van der Waals surface area contributed by atoms with Gasteiger partial charge in [0.1, 0.15) is 54.9 Å². The van der Waals surface area contributed by atoms with Gasteiger partial charge in [0.2, 0.25) is 0 Å². The Morgan fingerprint density at radius 2 is 1.41 bits per heavy atom. The summed E-state index contributed by atoms with van der Waals surface area (Å²) < 4.78 is 27.3. The van der Waals surface area contributed by atoms with Crippen LogP contribution in [0.2, 0.25) is 0 Å². The van der Waals surface area contributed by atoms with E-state index in [-0.39, 0.29) is 17.1 Å². The molecule has 0 aromatic heterocycles. The number of methoxy groups -OCH3 is 1. The van der Waals surface area contributed by atoms with E-state index in [9.17, 15) is 46.0 Å². The summed E-state index contributed by atoms with van der Waals surface area (Å²) in [7, 11) is 1.39. The molecule has 3 aliphatic heterocycles. The van der Waals surface area contributed by atoms with Crippen molar-refractivity contribution in [3.8, 4) is 0 Å². The summed E-state index contributed by atoms with van der Waals surface area (Å²) in [5.74, 6) is 0.802. The van der Waals surface area contributed by atoms with Crippen molar-refractivity contribution >= 4 is 29.1 Å². The van der Waals surface area contributed by atoms with Crippen LogP contribution in [-0.4, -0.2) is 175 Å². The SMILES string of the molecule is CO[C@H]1OC(CSCCNC(=S)N[C@@H]2OC(CO)[C@@H](O[C@@H]3OC(CO)[C@H](O)[C@H](O)C3O)[C@H](O)C2O)C(C)[C@H](O)C1O. The van der Waals surface area contributed by atoms with Crippen molar-refractivity contribution in [3.05, 3.63) is 0 Å². The first-order valence-corrected chi connectivity index (χ1v) is 14.8. The van der Waals surface area contributed by atoms with Crippen molar-refractivity contribution in [2.75, 3.05) is 38.4 Å². The first kappa shape index (κ1) is 35.0. The summed E-state index contributed by atoms with van der Waals surface area (Å²) >= 11 is 6.77. The molecular formula is C23H42N2O14S2. The van der Waals surface area contributed by atoms with Gasteiger partial charge in [-0.1, -0.05) is 6.92 Å². The molecule has 15 atom stereocenters. The molecule has 11 N–H and O–H groups in total. The highest BCUT2D eigenvalue weighted by molar-refractivity contribution is 7.99. The minimum Gasteiger partial charge on any atom is -0.394 e. The van der Waals surface area contributed by atoms with Gasteiger partial charge in [-0.3, -0.25) is 0 Å². The Morgan fingerprint density at radius 1 is 0.780 bits per heavy atom. The number of hydrogen-bond donors (Lipinski definition) is 11. The zero-order chi connectivity index (χ0) is 30.4. The molecule has 3 aliphatic rings. The summed E-state index contributed by atoms with van der Waals surface area (Å²) in [6.45, 7) is 0.822. The molecule has 0 radical (unpaired) electrons. The van der Waals surface area contributed by atoms with Crippen LogP contribution in [-0.2, 0) is 23.7 Å². The van der Waals surface area contributed by atoms with E-state index in [2.05, 4.69) is 10.6 Å². The molecule has 7 unspecified atom stereocenters. The standard InChI is InChI=1S/C23H42N2O14S2/c1-8-11(38-21(35-2)17(33)12(8)28)7-41-4-3-24-23(40)25-20-16(32)15(31)19(10(6-27)36-20)39-22-18(34)14(30)13(29)9(5-26)37-22/h8-22,26-34H,3-7H2,1-2H3,(H2,24,25,40)/t8?,9?,10?,11?,12-,13-,14-,15+,16?,17?,18?,19+,20+,21-,22-/m0/s1. The molecule has 0 amide bonds. The van der Waals surface area contributed by atoms with Gasteiger partial charge in [0.05, 0.1) is 25.4 Å². The number of thioether (sulfide) groups is 1. The highest BCUT2D eigenvalue weighted by Gasteiger charge is 2.50. The van der Waals surface area contributed by atoms with Gasteiger partial charge in [-0.2, -0.15) is 11.8 Å². The van der Waals surface area contributed by atoms with Gasteiger partial charge < -0.3 is 80.3 Å². The third kappa shape index (κ3) is 8.35. The van der Waals surface area contributed by atoms with E-state index in [1.807, 2.05) is 0 Å². The van der Waals surface area contributed by atoms with E-state index in [1.54, 1.807) is 6.92 Å². The molecule has 3 fully saturated rings. The Hall–Kier alpha value is -0.520. The molecular weight excluding hydrogens is 592 g/mol. The van der Waals surface area contributed by atoms with Crippen LogP contribution in [0.5, 0.6) is 0 Å². The predicted octanol–water partition coefficient (Wildman–Crippen LogP) is -5.46. The molecule has 18 heteroatoms. The van der Waals surface area contributed by atoms with E-state index in [0.29, 0.717) is 18.1 Å². The highest BCUT2D eigenvalue weighted by atomic mass is 32.2. The quantitative estimate of drug-likeness (QED) is 0.0749. The van der Waals surface area contributed by atoms with Crippen LogP contribution in [0.15, 0.2) is 0 Å². The Kier molecular flexibility index (Phi) is 13.6. The Labute approximate surface area is 246 Å². The summed E-state index contributed by atoms with van der Waals surface area (Å²) in [6.07, 6.45) is -18.5. The summed E-state index contributed by atoms with van der Waals surface area (Å²) in [6, 6.07) is 0. The predicted molar refractivity (Wildman–Crippen MR) is 144 cm³/mol. The maximum Gasteiger partial charge on any atom is 0.187 e. The zero-order valence-corrected chi connectivity index (χ0v) is 24.2. The van der Waals surface area contributed by atoms with Crippen molar-refractivity contribution < 1.29 is 69.6 Å². The second kappa shape index (κ2) is 16.0. The highest BCUT2D eigenvalue weighted by Crippen LogP contribution is 2.30. The van der Waals surface area contributed by atoms with Crippen molar-refractivity contribution in [2.24, 2.45) is 5.92 Å². The Morgan fingerprint density at radius 3 is 2.05 bits per heavy atom. The zero-order valence-electron chi connectivity index (χ0n) is 22.6. The van der Waals surface area contributed by atoms with Gasteiger partial charge in [0.25, 0.3) is 0 Å². The lowest BCUT2D eigenvalue weighted by Crippen LogP contribution is -2.67. The monoisotopic (exact) mass is 634 g/mol. The summed E-state index contributed by atoms with van der Waals surface area (Å²) in [5, 5.41) is 96.6. The third-order valence-corrected chi connectivity index (χ3v) is 8.71. The second-order valence-corrected chi connectivity index (χ2v) is 11.7. The van der Waals surface area contributed by atoms with Gasteiger partial charge in [-0.15, -0.1) is 0 Å². The Bertz CT molecular complexity index is 816. The van der Waals surface area contributed by atoms with Crippen molar-refractivity contribution in [1.82, 2.24) is 10.6 Å². The molecule has 3 rings (SSSR count). The van der Waals surface area contributed by atoms with Crippen molar-refractivity contribution in [1.29, 1.82) is 0 Å². The first-order chi connectivity index (χ1) is 19.4. The molecule has 0 saturated carbocycles. The topological polar surface area (TPSA) is 252 Å². The molecule has 41 heavy (non-hydrogen) atoms. The van der Waals surface area contributed by atoms with Gasteiger partial charge >= 0.3 is 0 Å². The average molecular weight is 635 g/mol. The van der Waals surface area contributed by atoms with Gasteiger partial charge in [0, 0.05) is 31.1 Å². The maximum absolute atomic E-state index is 10.7. The minimum atomic E-state index is -1.76. The second-order valence-electron chi connectivity index (χ2n) is 10.2. The van der Waals surface area contributed by atoms with E-state index < -0.39 is 93.1 Å². The fourth-order valence-corrected chi connectivity index (χ4v) is 6.03.